The molecule has 0 radical (unpaired) electrons. The van der Waals surface area contributed by atoms with Crippen LogP contribution in [0.15, 0.2) is 85.1 Å². The number of carbonyl (C=O) groups is 8. The van der Waals surface area contributed by atoms with Crippen molar-refractivity contribution in [2.45, 2.75) is 120 Å². The summed E-state index contributed by atoms with van der Waals surface area (Å²) in [6.45, 7) is 5.01. The second kappa shape index (κ2) is 39.8. The van der Waals surface area contributed by atoms with Gasteiger partial charge in [0.25, 0.3) is 0 Å². The van der Waals surface area contributed by atoms with Crippen molar-refractivity contribution in [3.05, 3.63) is 102 Å². The molecule has 424 valence electrons. The lowest BCUT2D eigenvalue weighted by Gasteiger charge is -2.07. The third-order valence-electron chi connectivity index (χ3n) is 10.4. The number of carbonyl (C=O) groups excluding carboxylic acids is 1. The van der Waals surface area contributed by atoms with Gasteiger partial charge < -0.3 is 97.0 Å². The molecule has 0 saturated carbocycles. The van der Waals surface area contributed by atoms with Crippen LogP contribution in [0.5, 0.6) is 5.75 Å². The van der Waals surface area contributed by atoms with E-state index in [1.165, 1.54) is 12.1 Å². The van der Waals surface area contributed by atoms with Gasteiger partial charge in [0, 0.05) is 29.9 Å². The maximum absolute atomic E-state index is 10.6. The van der Waals surface area contributed by atoms with Crippen LogP contribution < -0.4 is 51.2 Å². The Hall–Kier alpha value is -7.56. The molecule has 26 nitrogen and oxygen atoms in total. The maximum atomic E-state index is 10.6. The molecular weight excluding hydrogens is 997 g/mol. The van der Waals surface area contributed by atoms with Crippen LogP contribution in [0, 0.1) is 5.92 Å². The lowest BCUT2D eigenvalue weighted by Crippen LogP contribution is -2.34. The summed E-state index contributed by atoms with van der Waals surface area (Å²) in [5.41, 5.74) is 45.2. The molecule has 1 aromatic heterocycles. The smallest absolute Gasteiger partial charge is 0.320 e. The van der Waals surface area contributed by atoms with E-state index in [4.69, 9.17) is 86.7 Å². The van der Waals surface area contributed by atoms with Gasteiger partial charge in [-0.3, -0.25) is 38.4 Å². The van der Waals surface area contributed by atoms with E-state index in [-0.39, 0.29) is 37.0 Å². The molecule has 2 heterocycles. The lowest BCUT2D eigenvalue weighted by atomic mass is 10.1. The molecule has 0 aliphatic carbocycles. The van der Waals surface area contributed by atoms with Crippen LogP contribution in [0.3, 0.4) is 0 Å². The number of phenolic OH excluding ortho intramolecular Hbond substituents is 1. The molecule has 3 aromatic carbocycles. The van der Waals surface area contributed by atoms with Crippen molar-refractivity contribution in [1.82, 2.24) is 10.3 Å². The van der Waals surface area contributed by atoms with E-state index in [9.17, 15) is 38.4 Å². The zero-order valence-electron chi connectivity index (χ0n) is 42.6. The lowest BCUT2D eigenvalue weighted by molar-refractivity contribution is -0.140. The number of nitrogens with two attached hydrogens (primary N) is 8. The first-order valence-electron chi connectivity index (χ1n) is 23.8. The molecule has 76 heavy (non-hydrogen) atoms. The van der Waals surface area contributed by atoms with Crippen molar-refractivity contribution < 1.29 is 79.2 Å². The predicted molar refractivity (Wildman–Crippen MR) is 282 cm³/mol. The van der Waals surface area contributed by atoms with Gasteiger partial charge in [-0.1, -0.05) is 80.9 Å². The topological polar surface area (TPSA) is 534 Å². The van der Waals surface area contributed by atoms with Gasteiger partial charge >= 0.3 is 41.8 Å². The van der Waals surface area contributed by atoms with Crippen LogP contribution in [0.1, 0.15) is 75.5 Å². The van der Waals surface area contributed by atoms with Gasteiger partial charge in [-0.05, 0) is 98.8 Å². The number of aromatic hydroxyl groups is 1. The average Bonchev–Trinajstić information content (AvgIpc) is 4.07. The fraction of sp³-hybridized carbons (Fsp3) is 0.440. The Morgan fingerprint density at radius 3 is 1.43 bits per heavy atom. The Morgan fingerprint density at radius 1 is 0.579 bits per heavy atom. The Balaban J connectivity index is 0. The minimum atomic E-state index is -1.11. The van der Waals surface area contributed by atoms with Gasteiger partial charge in [-0.25, -0.2) is 0 Å². The number of amides is 1. The molecule has 0 spiro atoms. The molecule has 7 atom stereocenters. The van der Waals surface area contributed by atoms with Gasteiger partial charge in [-0.15, -0.1) is 0 Å². The van der Waals surface area contributed by atoms with Crippen LogP contribution in [0.4, 0.5) is 0 Å². The fourth-order valence-corrected chi connectivity index (χ4v) is 5.79. The number of H-pyrrole nitrogens is 1. The summed E-state index contributed by atoms with van der Waals surface area (Å²) in [4.78, 5) is 84.9. The minimum absolute atomic E-state index is 0.0208. The van der Waals surface area contributed by atoms with Crippen LogP contribution in [0.25, 0.3) is 10.9 Å². The maximum Gasteiger partial charge on any atom is 0.320 e. The predicted octanol–water partition coefficient (Wildman–Crippen LogP) is 0.178. The van der Waals surface area contributed by atoms with E-state index in [0.717, 1.165) is 59.8 Å². The molecule has 1 saturated heterocycles. The molecular formula is C50H78N10O16. The number of hydrogen-bond donors (Lipinski definition) is 18. The van der Waals surface area contributed by atoms with E-state index >= 15 is 0 Å². The third-order valence-corrected chi connectivity index (χ3v) is 10.4. The number of aliphatic carboxylic acids is 7. The first kappa shape index (κ1) is 70.5. The van der Waals surface area contributed by atoms with E-state index in [0.29, 0.717) is 25.8 Å². The number of primary amides is 1. The first-order valence-corrected chi connectivity index (χ1v) is 23.8. The van der Waals surface area contributed by atoms with Crippen LogP contribution >= 0.6 is 0 Å². The second-order valence-corrected chi connectivity index (χ2v) is 17.2. The van der Waals surface area contributed by atoms with Gasteiger partial charge in [-0.2, -0.15) is 0 Å². The second-order valence-electron chi connectivity index (χ2n) is 17.2. The highest BCUT2D eigenvalue weighted by Crippen LogP contribution is 2.19. The molecule has 1 fully saturated rings. The van der Waals surface area contributed by atoms with Crippen molar-refractivity contribution in [1.29, 1.82) is 0 Å². The van der Waals surface area contributed by atoms with E-state index in [1.807, 2.05) is 60.8 Å². The quantitative estimate of drug-likeness (QED) is 0.0495. The fourth-order valence-electron chi connectivity index (χ4n) is 5.79. The summed E-state index contributed by atoms with van der Waals surface area (Å²) in [5.74, 6) is -7.00. The monoisotopic (exact) mass is 1070 g/mol. The number of carboxylic acid groups (broad SMARTS) is 7. The number of benzene rings is 3. The summed E-state index contributed by atoms with van der Waals surface area (Å²) in [6.07, 6.45) is 6.89. The third kappa shape index (κ3) is 34.0. The number of hydrogen-bond acceptors (Lipinski definition) is 17. The Bertz CT molecular complexity index is 2320. The van der Waals surface area contributed by atoms with Crippen molar-refractivity contribution >= 4 is 58.6 Å². The Kier molecular flexibility index (Phi) is 37.0. The number of fused-ring (bicyclic) bond motifs is 1. The number of para-hydroxylation sites is 1. The number of aromatic amines is 1. The average molecular weight is 1080 g/mol. The highest BCUT2D eigenvalue weighted by Gasteiger charge is 2.20. The molecule has 1 aliphatic rings. The van der Waals surface area contributed by atoms with E-state index < -0.39 is 83.9 Å². The van der Waals surface area contributed by atoms with Crippen molar-refractivity contribution in [2.75, 3.05) is 13.1 Å². The highest BCUT2D eigenvalue weighted by molar-refractivity contribution is 5.84. The first-order chi connectivity index (χ1) is 35.5. The standard InChI is InChI=1S/C11H12N2O2.C9H11NO3.C9H11NO2.C6H14N2O2.C5H10N2O3.C5H9NO2.C5H11NO2/c12-9(11(14)15)5-7-6-13-10-4-2-1-3-8(7)10;10-8(9(12)13)5-6-1-3-7(11)4-2-6;10-8(9(11)12)6-7-4-2-1-3-5-7;7-4-2-1-3-5(8)6(9)10;6-3(5(9)10)1-2-4(7)8;7-5(8)4-2-1-3-6-4;1-3(2)4(6)5(7)8/h1-4,6,9,13H,5,12H2,(H,14,15);1-4,8,11H,5,10H2,(H,12,13);1-5,8H,6,10H2,(H,11,12);5H,1-4,7-8H2,(H,9,10);3H,1-2,6H2,(H2,7,8)(H,9,10);4,6H,1-3H2,(H,7,8);3-4H,6H2,1-2H3,(H,7,8)/t9-;2*8-;5-;3-;2*4-/m0000000/s1. The summed E-state index contributed by atoms with van der Waals surface area (Å²) in [6, 6.07) is 18.2. The minimum Gasteiger partial charge on any atom is -0.508 e. The van der Waals surface area contributed by atoms with Crippen molar-refractivity contribution in [3.8, 4) is 5.75 Å². The molecule has 5 rings (SSSR count). The summed E-state index contributed by atoms with van der Waals surface area (Å²) in [5, 5.41) is 71.7. The summed E-state index contributed by atoms with van der Waals surface area (Å²) >= 11 is 0. The zero-order valence-corrected chi connectivity index (χ0v) is 42.6. The molecule has 0 bridgehead atoms. The number of phenols is 1. The Labute approximate surface area is 439 Å². The van der Waals surface area contributed by atoms with Crippen molar-refractivity contribution in [2.24, 2.45) is 51.8 Å². The van der Waals surface area contributed by atoms with Crippen molar-refractivity contribution in [3.63, 3.8) is 0 Å². The number of carboxylic acids is 7. The van der Waals surface area contributed by atoms with Gasteiger partial charge in [0.1, 0.15) is 48.0 Å². The normalized spacial score (nSPS) is 14.4. The summed E-state index contributed by atoms with van der Waals surface area (Å²) < 4.78 is 0. The Morgan fingerprint density at radius 2 is 1.04 bits per heavy atom. The van der Waals surface area contributed by atoms with Crippen LogP contribution in [-0.4, -0.2) is 149 Å². The SMILES string of the molecule is CC(C)[C@H](N)C(=O)O.NC(=O)CC[C@H](N)C(=O)O.NCCCC[C@H](N)C(=O)O.N[C@@H](Cc1c[nH]c2ccccc12)C(=O)O.N[C@@H](Cc1ccc(O)cc1)C(=O)O.N[C@@H](Cc1ccccc1)C(=O)O.O=C(O)[C@@H]1CCCN1. The number of nitrogens with one attached hydrogen (secondary N) is 2. The van der Waals surface area contributed by atoms with Gasteiger partial charge in [0.05, 0.1) is 0 Å². The largest absolute Gasteiger partial charge is 0.508 e. The molecule has 0 unspecified atom stereocenters. The van der Waals surface area contributed by atoms with E-state index in [1.54, 1.807) is 26.0 Å². The van der Waals surface area contributed by atoms with Gasteiger partial charge in [0.2, 0.25) is 5.91 Å². The zero-order chi connectivity index (χ0) is 58.5. The summed E-state index contributed by atoms with van der Waals surface area (Å²) in [7, 11) is 0. The number of aromatic nitrogens is 1. The van der Waals surface area contributed by atoms with Crippen LogP contribution in [-0.2, 0) is 57.6 Å². The van der Waals surface area contributed by atoms with E-state index in [2.05, 4.69) is 10.3 Å². The molecule has 1 aliphatic heterocycles. The molecule has 26 heteroatoms. The number of rotatable bonds is 21. The number of unbranched alkanes of at least 4 members (excludes halogenated alkanes) is 1. The van der Waals surface area contributed by atoms with Crippen LogP contribution in [0.2, 0.25) is 0 Å². The molecule has 26 N–H and O–H groups in total. The molecule has 4 aromatic rings. The van der Waals surface area contributed by atoms with Gasteiger partial charge in [0.15, 0.2) is 0 Å². The highest BCUT2D eigenvalue weighted by atomic mass is 16.4. The molecule has 1 amide bonds.